The third-order valence-corrected chi connectivity index (χ3v) is 6.99. The fraction of sp³-hybridized carbons (Fsp3) is 0.250. The van der Waals surface area contributed by atoms with Crippen molar-refractivity contribution >= 4 is 23.0 Å². The van der Waals surface area contributed by atoms with Crippen molar-refractivity contribution in [3.05, 3.63) is 114 Å². The van der Waals surface area contributed by atoms with Gasteiger partial charge in [0.25, 0.3) is 0 Å². The fourth-order valence-corrected chi connectivity index (χ4v) is 5.45. The molecule has 4 atom stereocenters. The van der Waals surface area contributed by atoms with Gasteiger partial charge in [-0.25, -0.2) is 0 Å². The minimum atomic E-state index is -1.20. The molecule has 0 aliphatic heterocycles. The summed E-state index contributed by atoms with van der Waals surface area (Å²) < 4.78 is 0. The van der Waals surface area contributed by atoms with Crippen LogP contribution in [0.5, 0.6) is 0 Å². The van der Waals surface area contributed by atoms with E-state index < -0.39 is 5.60 Å². The lowest BCUT2D eigenvalue weighted by Gasteiger charge is -2.32. The second-order valence-corrected chi connectivity index (χ2v) is 9.33. The van der Waals surface area contributed by atoms with Crippen LogP contribution in [0.1, 0.15) is 29.5 Å². The van der Waals surface area contributed by atoms with E-state index in [1.165, 1.54) is 6.42 Å². The summed E-state index contributed by atoms with van der Waals surface area (Å²) in [5, 5.41) is 19.7. The first-order valence-electron chi connectivity index (χ1n) is 11.3. The van der Waals surface area contributed by atoms with E-state index in [2.05, 4.69) is 34.9 Å². The van der Waals surface area contributed by atoms with Gasteiger partial charge in [-0.2, -0.15) is 0 Å². The van der Waals surface area contributed by atoms with Gasteiger partial charge >= 0.3 is 0 Å². The van der Waals surface area contributed by atoms with Gasteiger partial charge < -0.3 is 15.7 Å². The maximum atomic E-state index is 12.2. The van der Waals surface area contributed by atoms with Crippen molar-refractivity contribution in [2.24, 2.45) is 11.8 Å². The molecule has 0 aromatic heterocycles. The SMILES string of the molecule is O[C@](Cc1ccccc1)(c1ccccc1)c1ccccc1NC(=S)N[C@@H]1C[C@H]2C=C[C@H]1C2. The van der Waals surface area contributed by atoms with Crippen LogP contribution in [0.25, 0.3) is 0 Å². The number of thiocarbonyl (C=S) groups is 1. The van der Waals surface area contributed by atoms with Crippen molar-refractivity contribution in [3.63, 3.8) is 0 Å². The summed E-state index contributed by atoms with van der Waals surface area (Å²) in [7, 11) is 0. The van der Waals surface area contributed by atoms with E-state index in [1.807, 2.05) is 72.8 Å². The van der Waals surface area contributed by atoms with Crippen molar-refractivity contribution < 1.29 is 5.11 Å². The highest BCUT2D eigenvalue weighted by atomic mass is 32.1. The maximum Gasteiger partial charge on any atom is 0.171 e. The number of benzene rings is 3. The van der Waals surface area contributed by atoms with Crippen molar-refractivity contribution in [2.75, 3.05) is 5.32 Å². The van der Waals surface area contributed by atoms with E-state index in [9.17, 15) is 5.11 Å². The molecule has 4 heteroatoms. The van der Waals surface area contributed by atoms with Gasteiger partial charge in [-0.1, -0.05) is 91.0 Å². The number of hydrogen-bond donors (Lipinski definition) is 3. The Hall–Kier alpha value is -2.95. The summed E-state index contributed by atoms with van der Waals surface area (Å²) in [6.07, 6.45) is 7.47. The number of hydrogen-bond acceptors (Lipinski definition) is 2. The second kappa shape index (κ2) is 8.89. The number of anilines is 1. The van der Waals surface area contributed by atoms with Crippen LogP contribution in [0.15, 0.2) is 97.1 Å². The summed E-state index contributed by atoms with van der Waals surface area (Å²) in [6, 6.07) is 28.3. The van der Waals surface area contributed by atoms with Crippen LogP contribution < -0.4 is 10.6 Å². The van der Waals surface area contributed by atoms with Crippen molar-refractivity contribution in [2.45, 2.75) is 30.9 Å². The summed E-state index contributed by atoms with van der Waals surface area (Å²) >= 11 is 5.69. The molecule has 0 radical (unpaired) electrons. The van der Waals surface area contributed by atoms with Crippen LogP contribution >= 0.6 is 12.2 Å². The molecule has 3 aromatic carbocycles. The molecular weight excluding hydrogens is 412 g/mol. The third-order valence-electron chi connectivity index (χ3n) is 6.77. The Labute approximate surface area is 195 Å². The zero-order valence-corrected chi connectivity index (χ0v) is 18.8. The van der Waals surface area contributed by atoms with Gasteiger partial charge in [-0.3, -0.25) is 0 Å². The van der Waals surface area contributed by atoms with Gasteiger partial charge in [0.2, 0.25) is 0 Å². The third kappa shape index (κ3) is 4.21. The Balaban J connectivity index is 1.44. The molecular formula is C28H28N2OS. The van der Waals surface area contributed by atoms with Gasteiger partial charge in [0.05, 0.1) is 0 Å². The van der Waals surface area contributed by atoms with Crippen LogP contribution in [-0.2, 0) is 12.0 Å². The molecule has 0 heterocycles. The molecule has 162 valence electrons. The first-order valence-corrected chi connectivity index (χ1v) is 11.7. The Morgan fingerprint density at radius 2 is 1.56 bits per heavy atom. The smallest absolute Gasteiger partial charge is 0.171 e. The van der Waals surface area contributed by atoms with Gasteiger partial charge in [0.1, 0.15) is 5.60 Å². The minimum Gasteiger partial charge on any atom is -0.380 e. The predicted octanol–water partition coefficient (Wildman–Crippen LogP) is 5.42. The van der Waals surface area contributed by atoms with Crippen LogP contribution in [0.3, 0.4) is 0 Å². The Bertz CT molecular complexity index is 1110. The number of allylic oxidation sites excluding steroid dienone is 1. The zero-order chi connectivity index (χ0) is 22.0. The van der Waals surface area contributed by atoms with E-state index in [1.54, 1.807) is 0 Å². The lowest BCUT2D eigenvalue weighted by atomic mass is 9.80. The molecule has 2 aliphatic carbocycles. The molecule has 32 heavy (non-hydrogen) atoms. The number of rotatable bonds is 6. The standard InChI is InChI=1S/C28H28N2OS/c31-28(23-11-5-2-6-12-23,19-20-9-3-1-4-10-20)24-13-7-8-14-25(24)29-27(32)30-26-18-21-15-16-22(26)17-21/h1-16,21-22,26,31H,17-19H2,(H2,29,30,32)/t21-,22-,26+,28+/m0/s1. The van der Waals surface area contributed by atoms with Gasteiger partial charge in [0, 0.05) is 23.7 Å². The highest BCUT2D eigenvalue weighted by molar-refractivity contribution is 7.80. The largest absolute Gasteiger partial charge is 0.380 e. The highest BCUT2D eigenvalue weighted by Gasteiger charge is 2.37. The van der Waals surface area contributed by atoms with Crippen LogP contribution in [-0.4, -0.2) is 16.3 Å². The molecule has 1 fully saturated rings. The molecule has 2 aliphatic rings. The van der Waals surface area contributed by atoms with Crippen LogP contribution in [0.2, 0.25) is 0 Å². The van der Waals surface area contributed by atoms with Gasteiger partial charge in [0.15, 0.2) is 5.11 Å². The summed E-state index contributed by atoms with van der Waals surface area (Å²) in [6.45, 7) is 0. The average molecular weight is 441 g/mol. The zero-order valence-electron chi connectivity index (χ0n) is 17.9. The fourth-order valence-electron chi connectivity index (χ4n) is 5.18. The molecule has 0 amide bonds. The van der Waals surface area contributed by atoms with Crippen molar-refractivity contribution in [1.82, 2.24) is 5.32 Å². The van der Waals surface area contributed by atoms with E-state index in [-0.39, 0.29) is 0 Å². The number of para-hydroxylation sites is 1. The minimum absolute atomic E-state index is 0.384. The predicted molar refractivity (Wildman–Crippen MR) is 135 cm³/mol. The summed E-state index contributed by atoms with van der Waals surface area (Å²) in [5.74, 6) is 1.25. The van der Waals surface area contributed by atoms with E-state index in [0.717, 1.165) is 28.8 Å². The molecule has 3 N–H and O–H groups in total. The quantitative estimate of drug-likeness (QED) is 0.354. The molecule has 1 saturated carbocycles. The molecule has 2 bridgehead atoms. The number of aliphatic hydroxyl groups is 1. The van der Waals surface area contributed by atoms with E-state index >= 15 is 0 Å². The van der Waals surface area contributed by atoms with Crippen molar-refractivity contribution in [3.8, 4) is 0 Å². The molecule has 3 nitrogen and oxygen atoms in total. The molecule has 3 aromatic rings. The molecule has 5 rings (SSSR count). The number of nitrogens with one attached hydrogen (secondary N) is 2. The lowest BCUT2D eigenvalue weighted by Crippen LogP contribution is -2.40. The van der Waals surface area contributed by atoms with Gasteiger partial charge in [-0.05, 0) is 54.1 Å². The highest BCUT2D eigenvalue weighted by Crippen LogP contribution is 2.40. The second-order valence-electron chi connectivity index (χ2n) is 8.92. The average Bonchev–Trinajstić information content (AvgIpc) is 3.44. The first-order chi connectivity index (χ1) is 15.6. The number of fused-ring (bicyclic) bond motifs is 2. The summed E-state index contributed by atoms with van der Waals surface area (Å²) in [5.41, 5.74) is 2.37. The van der Waals surface area contributed by atoms with Crippen molar-refractivity contribution in [1.29, 1.82) is 0 Å². The molecule has 0 saturated heterocycles. The Morgan fingerprint density at radius 1 is 0.875 bits per heavy atom. The first kappa shape index (κ1) is 20.9. The van der Waals surface area contributed by atoms with E-state index in [4.69, 9.17) is 12.2 Å². The monoisotopic (exact) mass is 440 g/mol. The Morgan fingerprint density at radius 3 is 2.25 bits per heavy atom. The maximum absolute atomic E-state index is 12.2. The molecule has 0 unspecified atom stereocenters. The normalized spacial score (nSPS) is 23.0. The van der Waals surface area contributed by atoms with Crippen LogP contribution in [0.4, 0.5) is 5.69 Å². The van der Waals surface area contributed by atoms with E-state index in [0.29, 0.717) is 29.4 Å². The van der Waals surface area contributed by atoms with Gasteiger partial charge in [-0.15, -0.1) is 0 Å². The molecule has 0 spiro atoms. The Kier molecular flexibility index (Phi) is 5.81. The lowest BCUT2D eigenvalue weighted by molar-refractivity contribution is 0.0819. The summed E-state index contributed by atoms with van der Waals surface area (Å²) in [4.78, 5) is 0. The topological polar surface area (TPSA) is 44.3 Å². The van der Waals surface area contributed by atoms with Crippen LogP contribution in [0, 0.1) is 11.8 Å².